The van der Waals surface area contributed by atoms with Crippen molar-refractivity contribution in [1.29, 1.82) is 0 Å². The molecule has 1 N–H and O–H groups in total. The van der Waals surface area contributed by atoms with E-state index < -0.39 is 5.69 Å². The van der Waals surface area contributed by atoms with Crippen LogP contribution in [0.15, 0.2) is 39.2 Å². The Morgan fingerprint density at radius 2 is 2.00 bits per heavy atom. The summed E-state index contributed by atoms with van der Waals surface area (Å²) >= 11 is 1.11. The first-order valence-corrected chi connectivity index (χ1v) is 9.40. The summed E-state index contributed by atoms with van der Waals surface area (Å²) in [5.41, 5.74) is 1.72. The normalized spacial score (nSPS) is 13.9. The number of benzene rings is 1. The monoisotopic (exact) mass is 370 g/mol. The van der Waals surface area contributed by atoms with Gasteiger partial charge in [0.05, 0.1) is 5.52 Å². The summed E-state index contributed by atoms with van der Waals surface area (Å²) in [4.78, 5) is 37.7. The predicted octanol–water partition coefficient (Wildman–Crippen LogP) is 2.16. The summed E-state index contributed by atoms with van der Waals surface area (Å²) in [5, 5.41) is 4.44. The maximum atomic E-state index is 12.8. The van der Waals surface area contributed by atoms with Gasteiger partial charge in [0.15, 0.2) is 5.52 Å². The molecule has 7 nitrogen and oxygen atoms in total. The van der Waals surface area contributed by atoms with E-state index in [1.807, 2.05) is 24.3 Å². The van der Waals surface area contributed by atoms with Gasteiger partial charge in [-0.05, 0) is 48.5 Å². The lowest BCUT2D eigenvalue weighted by Crippen LogP contribution is -2.41. The van der Waals surface area contributed by atoms with Crippen LogP contribution in [-0.4, -0.2) is 19.4 Å². The van der Waals surface area contributed by atoms with Crippen LogP contribution in [0.5, 0.6) is 0 Å². The van der Waals surface area contributed by atoms with E-state index in [0.717, 1.165) is 30.8 Å². The molecule has 2 heterocycles. The van der Waals surface area contributed by atoms with E-state index in [0.29, 0.717) is 11.2 Å². The van der Waals surface area contributed by atoms with Crippen LogP contribution < -0.4 is 16.6 Å². The summed E-state index contributed by atoms with van der Waals surface area (Å²) in [5.74, 6) is -0.315. The zero-order valence-electron chi connectivity index (χ0n) is 14.3. The van der Waals surface area contributed by atoms with E-state index in [4.69, 9.17) is 0 Å². The lowest BCUT2D eigenvalue weighted by molar-refractivity contribution is -0.116. The van der Waals surface area contributed by atoms with Crippen molar-refractivity contribution < 1.29 is 4.79 Å². The van der Waals surface area contributed by atoms with Gasteiger partial charge in [0.1, 0.15) is 6.54 Å². The van der Waals surface area contributed by atoms with Crippen LogP contribution in [0.4, 0.5) is 5.69 Å². The van der Waals surface area contributed by atoms with E-state index in [-0.39, 0.29) is 29.6 Å². The number of amides is 1. The van der Waals surface area contributed by atoms with Gasteiger partial charge >= 0.3 is 5.69 Å². The van der Waals surface area contributed by atoms with Crippen molar-refractivity contribution in [3.05, 3.63) is 56.0 Å². The fourth-order valence-corrected chi connectivity index (χ4v) is 3.65. The molecular formula is C18H18N4O3S. The molecule has 1 aliphatic carbocycles. The minimum absolute atomic E-state index is 0.0722. The van der Waals surface area contributed by atoms with Crippen molar-refractivity contribution in [2.45, 2.75) is 38.8 Å². The first-order chi connectivity index (χ1) is 12.6. The van der Waals surface area contributed by atoms with Gasteiger partial charge in [-0.25, -0.2) is 4.79 Å². The van der Waals surface area contributed by atoms with Gasteiger partial charge in [-0.15, -0.1) is 0 Å². The summed E-state index contributed by atoms with van der Waals surface area (Å²) in [7, 11) is 0. The van der Waals surface area contributed by atoms with Gasteiger partial charge in [0.25, 0.3) is 5.56 Å². The summed E-state index contributed by atoms with van der Waals surface area (Å²) in [6.45, 7) is 1.91. The number of hydrogen-bond acceptors (Lipinski definition) is 5. The number of rotatable bonds is 5. The molecule has 0 spiro atoms. The third-order valence-electron chi connectivity index (χ3n) is 4.56. The molecular weight excluding hydrogens is 352 g/mol. The second-order valence-corrected chi connectivity index (χ2v) is 7.05. The average Bonchev–Trinajstić information content (AvgIpc) is 3.34. The van der Waals surface area contributed by atoms with Crippen LogP contribution in [0.3, 0.4) is 0 Å². The fraction of sp³-hybridized carbons (Fsp3) is 0.333. The van der Waals surface area contributed by atoms with E-state index >= 15 is 0 Å². The molecule has 1 aromatic carbocycles. The van der Waals surface area contributed by atoms with Crippen molar-refractivity contribution in [1.82, 2.24) is 13.5 Å². The molecule has 134 valence electrons. The molecule has 26 heavy (non-hydrogen) atoms. The molecule has 8 heteroatoms. The molecule has 4 rings (SSSR count). The number of anilines is 1. The molecule has 1 aliphatic rings. The predicted molar refractivity (Wildman–Crippen MR) is 101 cm³/mol. The number of nitrogens with zero attached hydrogens (tertiary/aromatic N) is 3. The van der Waals surface area contributed by atoms with Crippen LogP contribution in [0.25, 0.3) is 11.0 Å². The molecule has 2 aromatic heterocycles. The van der Waals surface area contributed by atoms with E-state index in [1.165, 1.54) is 14.7 Å². The van der Waals surface area contributed by atoms with Crippen molar-refractivity contribution in [3.63, 3.8) is 0 Å². The largest absolute Gasteiger partial charge is 0.332 e. The number of carbonyl (C=O) groups excluding carboxylic acids is 1. The van der Waals surface area contributed by atoms with E-state index in [1.54, 1.807) is 5.38 Å². The molecule has 0 radical (unpaired) electrons. The Balaban J connectivity index is 1.66. The molecule has 3 aromatic rings. The molecule has 1 saturated carbocycles. The van der Waals surface area contributed by atoms with Crippen molar-refractivity contribution in [2.75, 3.05) is 5.32 Å². The van der Waals surface area contributed by atoms with Crippen molar-refractivity contribution in [2.24, 2.45) is 0 Å². The topological polar surface area (TPSA) is 86.0 Å². The lowest BCUT2D eigenvalue weighted by Gasteiger charge is -2.11. The number of carbonyl (C=O) groups is 1. The first kappa shape index (κ1) is 16.7. The number of aryl methyl sites for hydroxylation is 1. The summed E-state index contributed by atoms with van der Waals surface area (Å²) in [6, 6.07) is 7.52. The number of hydrogen-bond donors (Lipinski definition) is 1. The average molecular weight is 370 g/mol. The molecule has 0 unspecified atom stereocenters. The van der Waals surface area contributed by atoms with E-state index in [9.17, 15) is 14.4 Å². The van der Waals surface area contributed by atoms with Gasteiger partial charge in [-0.1, -0.05) is 19.1 Å². The highest BCUT2D eigenvalue weighted by Gasteiger charge is 2.29. The Morgan fingerprint density at radius 3 is 2.65 bits per heavy atom. The third-order valence-corrected chi connectivity index (χ3v) is 5.18. The Labute approximate surface area is 153 Å². The summed E-state index contributed by atoms with van der Waals surface area (Å²) < 4.78 is 6.70. The Bertz CT molecular complexity index is 1090. The Kier molecular flexibility index (Phi) is 4.20. The van der Waals surface area contributed by atoms with Crippen molar-refractivity contribution >= 4 is 34.2 Å². The molecule has 1 fully saturated rings. The van der Waals surface area contributed by atoms with Gasteiger partial charge in [-0.2, -0.15) is 4.37 Å². The van der Waals surface area contributed by atoms with Crippen molar-refractivity contribution in [3.8, 4) is 0 Å². The van der Waals surface area contributed by atoms with Crippen LogP contribution in [0, 0.1) is 0 Å². The van der Waals surface area contributed by atoms with Crippen LogP contribution in [0.2, 0.25) is 0 Å². The second kappa shape index (κ2) is 6.53. The Morgan fingerprint density at radius 1 is 1.27 bits per heavy atom. The maximum absolute atomic E-state index is 12.8. The number of aromatic nitrogens is 3. The molecule has 0 bridgehead atoms. The van der Waals surface area contributed by atoms with Crippen LogP contribution >= 0.6 is 11.5 Å². The maximum Gasteiger partial charge on any atom is 0.332 e. The highest BCUT2D eigenvalue weighted by molar-refractivity contribution is 7.04. The van der Waals surface area contributed by atoms with Crippen LogP contribution in [0.1, 0.15) is 31.4 Å². The minimum atomic E-state index is -0.443. The SMILES string of the molecule is CCc1ccc(NC(=O)Cn2c(=O)n(C3CC3)c(=O)c3nscc32)cc1. The smallest absolute Gasteiger partial charge is 0.325 e. The van der Waals surface area contributed by atoms with Gasteiger partial charge in [0, 0.05) is 17.1 Å². The highest BCUT2D eigenvalue weighted by Crippen LogP contribution is 2.32. The lowest BCUT2D eigenvalue weighted by atomic mass is 10.1. The van der Waals surface area contributed by atoms with E-state index in [2.05, 4.69) is 16.6 Å². The third kappa shape index (κ3) is 2.96. The molecule has 0 atom stereocenters. The number of fused-ring (bicyclic) bond motifs is 1. The zero-order valence-corrected chi connectivity index (χ0v) is 15.1. The van der Waals surface area contributed by atoms with Crippen LogP contribution in [-0.2, 0) is 17.8 Å². The van der Waals surface area contributed by atoms with Gasteiger partial charge in [-0.3, -0.25) is 18.7 Å². The first-order valence-electron chi connectivity index (χ1n) is 8.56. The standard InChI is InChI=1S/C18H18N4O3S/c1-2-11-3-5-12(6-4-11)19-15(23)9-21-14-10-26-20-16(14)17(24)22(18(21)25)13-7-8-13/h3-6,10,13H,2,7-9H2,1H3,(H,19,23). The molecule has 0 saturated heterocycles. The fourth-order valence-electron chi connectivity index (χ4n) is 2.98. The van der Waals surface area contributed by atoms with Gasteiger partial charge in [0.2, 0.25) is 5.91 Å². The minimum Gasteiger partial charge on any atom is -0.325 e. The zero-order chi connectivity index (χ0) is 18.3. The Hall–Kier alpha value is -2.74. The summed E-state index contributed by atoms with van der Waals surface area (Å²) in [6.07, 6.45) is 2.54. The molecule has 1 amide bonds. The highest BCUT2D eigenvalue weighted by atomic mass is 32.1. The van der Waals surface area contributed by atoms with Gasteiger partial charge < -0.3 is 5.32 Å². The molecule has 0 aliphatic heterocycles. The quantitative estimate of drug-likeness (QED) is 0.746. The number of nitrogens with one attached hydrogen (secondary N) is 1. The second-order valence-electron chi connectivity index (χ2n) is 6.42.